The van der Waals surface area contributed by atoms with Crippen LogP contribution in [0.2, 0.25) is 0 Å². The van der Waals surface area contributed by atoms with Gasteiger partial charge in [0.05, 0.1) is 10.9 Å². The number of esters is 3. The summed E-state index contributed by atoms with van der Waals surface area (Å²) in [6, 6.07) is -0.878. The summed E-state index contributed by atoms with van der Waals surface area (Å²) < 4.78 is 22.9. The Labute approximate surface area is 193 Å². The third-order valence-corrected chi connectivity index (χ3v) is 5.31. The summed E-state index contributed by atoms with van der Waals surface area (Å²) in [5, 5.41) is 0. The quantitative estimate of drug-likeness (QED) is 0.315. The van der Waals surface area contributed by atoms with Crippen molar-refractivity contribution in [1.82, 2.24) is 14.5 Å². The zero-order valence-corrected chi connectivity index (χ0v) is 19.5. The number of nitrogens with two attached hydrogens (primary N) is 2. The summed E-state index contributed by atoms with van der Waals surface area (Å²) in [4.78, 5) is 55.0. The molecule has 3 atom stereocenters. The van der Waals surface area contributed by atoms with E-state index in [1.807, 2.05) is 0 Å². The summed E-state index contributed by atoms with van der Waals surface area (Å²) in [5.74, 6) is -2.19. The molecule has 33 heavy (non-hydrogen) atoms. The molecule has 14 heteroatoms. The number of fused-ring (bicyclic) bond motifs is 1. The Morgan fingerprint density at radius 1 is 1.12 bits per heavy atom. The van der Waals surface area contributed by atoms with E-state index in [2.05, 4.69) is 9.97 Å². The van der Waals surface area contributed by atoms with Gasteiger partial charge in [0.15, 0.2) is 11.8 Å². The Hall–Kier alpha value is -3.10. The van der Waals surface area contributed by atoms with Crippen LogP contribution in [0, 0.1) is 5.92 Å². The van der Waals surface area contributed by atoms with Gasteiger partial charge in [-0.05, 0) is 5.92 Å². The SMILES string of the molecule is CC(=O)OC[C@@H](OCn1c(=O)sc2cnc(N)nc21)[C@@H](COC(=O)[C@@H](N)C(C)C)OC(C)=O. The van der Waals surface area contributed by atoms with Crippen molar-refractivity contribution in [2.45, 2.75) is 52.7 Å². The summed E-state index contributed by atoms with van der Waals surface area (Å²) in [6.07, 6.45) is -0.817. The van der Waals surface area contributed by atoms with Gasteiger partial charge in [-0.3, -0.25) is 23.7 Å². The summed E-state index contributed by atoms with van der Waals surface area (Å²) in [7, 11) is 0. The Balaban J connectivity index is 2.23. The number of aromatic nitrogens is 3. The number of hydrogen-bond donors (Lipinski definition) is 2. The van der Waals surface area contributed by atoms with Crippen LogP contribution in [0.5, 0.6) is 0 Å². The smallest absolute Gasteiger partial charge is 0.323 e. The lowest BCUT2D eigenvalue weighted by atomic mass is 10.1. The first-order chi connectivity index (χ1) is 15.5. The van der Waals surface area contributed by atoms with Gasteiger partial charge in [0, 0.05) is 13.8 Å². The van der Waals surface area contributed by atoms with Crippen molar-refractivity contribution in [1.29, 1.82) is 0 Å². The number of rotatable bonds is 11. The van der Waals surface area contributed by atoms with Crippen molar-refractivity contribution in [3.8, 4) is 0 Å². The molecule has 0 unspecified atom stereocenters. The minimum Gasteiger partial charge on any atom is -0.463 e. The van der Waals surface area contributed by atoms with Crippen LogP contribution in [0.25, 0.3) is 10.3 Å². The molecule has 182 valence electrons. The molecule has 0 aliphatic rings. The summed E-state index contributed by atoms with van der Waals surface area (Å²) in [6.45, 7) is 4.78. The Bertz CT molecular complexity index is 1050. The van der Waals surface area contributed by atoms with Gasteiger partial charge >= 0.3 is 22.8 Å². The molecule has 0 radical (unpaired) electrons. The van der Waals surface area contributed by atoms with Crippen LogP contribution >= 0.6 is 11.3 Å². The molecule has 0 saturated carbocycles. The maximum absolute atomic E-state index is 12.4. The van der Waals surface area contributed by atoms with E-state index in [0.29, 0.717) is 4.70 Å². The van der Waals surface area contributed by atoms with Gasteiger partial charge in [-0.25, -0.2) is 4.98 Å². The largest absolute Gasteiger partial charge is 0.463 e. The first kappa shape index (κ1) is 26.2. The van der Waals surface area contributed by atoms with E-state index in [-0.39, 0.29) is 30.9 Å². The molecule has 0 amide bonds. The predicted octanol–water partition coefficient (Wildman–Crippen LogP) is -0.201. The molecule has 0 fully saturated rings. The van der Waals surface area contributed by atoms with Crippen molar-refractivity contribution in [2.75, 3.05) is 18.9 Å². The van der Waals surface area contributed by atoms with Crippen LogP contribution in [0.4, 0.5) is 5.95 Å². The summed E-state index contributed by atoms with van der Waals surface area (Å²) in [5.41, 5.74) is 11.6. The number of thiazole rings is 1. The molecular formula is C19H27N5O8S. The molecule has 2 aromatic heterocycles. The molecule has 2 rings (SSSR count). The fourth-order valence-electron chi connectivity index (χ4n) is 2.59. The van der Waals surface area contributed by atoms with Gasteiger partial charge in [0.25, 0.3) is 0 Å². The van der Waals surface area contributed by atoms with Crippen molar-refractivity contribution >= 4 is 45.5 Å². The van der Waals surface area contributed by atoms with Crippen LogP contribution in [-0.2, 0) is 40.1 Å². The second-order valence-corrected chi connectivity index (χ2v) is 8.39. The lowest BCUT2D eigenvalue weighted by Crippen LogP contribution is -2.44. The monoisotopic (exact) mass is 485 g/mol. The predicted molar refractivity (Wildman–Crippen MR) is 117 cm³/mol. The van der Waals surface area contributed by atoms with E-state index in [4.69, 9.17) is 30.4 Å². The van der Waals surface area contributed by atoms with E-state index in [1.165, 1.54) is 17.7 Å². The summed E-state index contributed by atoms with van der Waals surface area (Å²) >= 11 is 0.889. The van der Waals surface area contributed by atoms with Crippen molar-refractivity contribution in [3.63, 3.8) is 0 Å². The Kier molecular flexibility index (Phi) is 9.25. The fourth-order valence-corrected chi connectivity index (χ4v) is 3.38. The van der Waals surface area contributed by atoms with Crippen LogP contribution in [0.3, 0.4) is 0 Å². The molecule has 4 N–H and O–H groups in total. The Morgan fingerprint density at radius 3 is 2.39 bits per heavy atom. The number of ether oxygens (including phenoxy) is 4. The molecule has 0 aliphatic heterocycles. The third kappa shape index (κ3) is 7.47. The molecule has 0 aliphatic carbocycles. The first-order valence-electron chi connectivity index (χ1n) is 9.95. The topological polar surface area (TPSA) is 188 Å². The number of anilines is 1. The Morgan fingerprint density at radius 2 is 1.79 bits per heavy atom. The highest BCUT2D eigenvalue weighted by Gasteiger charge is 2.30. The lowest BCUT2D eigenvalue weighted by molar-refractivity contribution is -0.178. The number of carbonyl (C=O) groups is 3. The van der Waals surface area contributed by atoms with Crippen molar-refractivity contribution < 1.29 is 33.3 Å². The molecule has 2 aromatic rings. The minimum absolute atomic E-state index is 0.0308. The van der Waals surface area contributed by atoms with Gasteiger partial charge < -0.3 is 30.4 Å². The molecule has 2 heterocycles. The lowest BCUT2D eigenvalue weighted by Gasteiger charge is -2.27. The standard InChI is InChI=1S/C19H27N5O8S/c1-9(2)15(20)17(27)30-7-13(32-11(4)26)12(6-29-10(3)25)31-8-24-16-14(33-19(24)28)5-22-18(21)23-16/h5,9,12-13,15H,6-8,20H2,1-4H3,(H2,21,22,23)/t12-,13-,15+/m1/s1. The number of nitrogens with zero attached hydrogens (tertiary/aromatic N) is 3. The second-order valence-electron chi connectivity index (χ2n) is 7.40. The van der Waals surface area contributed by atoms with E-state index in [0.717, 1.165) is 18.3 Å². The maximum Gasteiger partial charge on any atom is 0.323 e. The minimum atomic E-state index is -1.15. The molecule has 0 spiro atoms. The van der Waals surface area contributed by atoms with Crippen LogP contribution in [0.1, 0.15) is 27.7 Å². The normalized spacial score (nSPS) is 14.0. The molecule has 0 aromatic carbocycles. The highest BCUT2D eigenvalue weighted by Crippen LogP contribution is 2.16. The first-order valence-corrected chi connectivity index (χ1v) is 10.8. The van der Waals surface area contributed by atoms with Crippen LogP contribution < -0.4 is 16.3 Å². The van der Waals surface area contributed by atoms with E-state index in [9.17, 15) is 19.2 Å². The molecule has 0 bridgehead atoms. The van der Waals surface area contributed by atoms with Gasteiger partial charge in [-0.15, -0.1) is 0 Å². The van der Waals surface area contributed by atoms with E-state index >= 15 is 0 Å². The number of nitrogen functional groups attached to an aromatic ring is 1. The van der Waals surface area contributed by atoms with Gasteiger partial charge in [0.1, 0.15) is 32.1 Å². The van der Waals surface area contributed by atoms with Gasteiger partial charge in [-0.2, -0.15) is 4.98 Å². The van der Waals surface area contributed by atoms with Gasteiger partial charge in [0.2, 0.25) is 5.95 Å². The zero-order chi connectivity index (χ0) is 24.7. The number of hydrogen-bond acceptors (Lipinski definition) is 13. The maximum atomic E-state index is 12.4. The van der Waals surface area contributed by atoms with Crippen LogP contribution in [-0.4, -0.2) is 63.9 Å². The highest BCUT2D eigenvalue weighted by atomic mass is 32.1. The second kappa shape index (κ2) is 11.7. The highest BCUT2D eigenvalue weighted by molar-refractivity contribution is 7.16. The average Bonchev–Trinajstić information content (AvgIpc) is 3.04. The van der Waals surface area contributed by atoms with E-state index < -0.39 is 47.6 Å². The van der Waals surface area contributed by atoms with Crippen molar-refractivity contribution in [2.24, 2.45) is 11.7 Å². The molecule has 13 nitrogen and oxygen atoms in total. The molecule has 0 saturated heterocycles. The molecular weight excluding hydrogens is 458 g/mol. The van der Waals surface area contributed by atoms with E-state index in [1.54, 1.807) is 13.8 Å². The number of carbonyl (C=O) groups excluding carboxylic acids is 3. The van der Waals surface area contributed by atoms with Gasteiger partial charge in [-0.1, -0.05) is 25.2 Å². The third-order valence-electron chi connectivity index (χ3n) is 4.41. The van der Waals surface area contributed by atoms with Crippen molar-refractivity contribution in [3.05, 3.63) is 15.9 Å². The van der Waals surface area contributed by atoms with Crippen LogP contribution in [0.15, 0.2) is 11.0 Å². The fraction of sp³-hybridized carbons (Fsp3) is 0.579. The zero-order valence-electron chi connectivity index (χ0n) is 18.7. The average molecular weight is 486 g/mol.